The van der Waals surface area contributed by atoms with E-state index in [0.717, 1.165) is 60.4 Å². The minimum atomic E-state index is -0.0708. The lowest BCUT2D eigenvalue weighted by molar-refractivity contribution is 0.115. The third-order valence-electron chi connectivity index (χ3n) is 6.62. The Labute approximate surface area is 158 Å². The molecule has 2 saturated carbocycles. The van der Waals surface area contributed by atoms with Crippen LogP contribution in [-0.2, 0) is 0 Å². The summed E-state index contributed by atoms with van der Waals surface area (Å²) >= 11 is 0. The van der Waals surface area contributed by atoms with E-state index in [1.807, 2.05) is 10.7 Å². The summed E-state index contributed by atoms with van der Waals surface area (Å²) in [5, 5.41) is 23.3. The lowest BCUT2D eigenvalue weighted by Crippen LogP contribution is -2.38. The van der Waals surface area contributed by atoms with Gasteiger partial charge in [-0.25, -0.2) is 9.50 Å². The number of fused-ring (bicyclic) bond motifs is 3. The van der Waals surface area contributed by atoms with Crippen molar-refractivity contribution in [2.24, 2.45) is 5.92 Å². The number of nitrogens with one attached hydrogen (secondary N) is 2. The van der Waals surface area contributed by atoms with Gasteiger partial charge in [0.1, 0.15) is 17.5 Å². The van der Waals surface area contributed by atoms with Crippen molar-refractivity contribution in [3.8, 4) is 0 Å². The Morgan fingerprint density at radius 1 is 1.11 bits per heavy atom. The largest absolute Gasteiger partial charge is 0.393 e. The van der Waals surface area contributed by atoms with Crippen LogP contribution in [0.25, 0.3) is 16.6 Å². The maximum atomic E-state index is 9.64. The van der Waals surface area contributed by atoms with Crippen LogP contribution in [-0.4, -0.2) is 48.6 Å². The number of nitrogens with zero attached hydrogens (tertiary/aromatic N) is 4. The van der Waals surface area contributed by atoms with E-state index in [1.165, 1.54) is 25.7 Å². The van der Waals surface area contributed by atoms with E-state index < -0.39 is 0 Å². The van der Waals surface area contributed by atoms with Crippen LogP contribution in [0.15, 0.2) is 18.6 Å². The summed E-state index contributed by atoms with van der Waals surface area (Å²) in [6, 6.07) is 2.67. The van der Waals surface area contributed by atoms with Gasteiger partial charge in [0.15, 0.2) is 0 Å². The number of hydrogen-bond donors (Lipinski definition) is 3. The quantitative estimate of drug-likeness (QED) is 0.659. The fourth-order valence-electron chi connectivity index (χ4n) is 4.95. The Balaban J connectivity index is 1.22. The maximum absolute atomic E-state index is 9.64. The molecule has 3 aromatic heterocycles. The Morgan fingerprint density at radius 2 is 1.93 bits per heavy atom. The molecule has 7 nitrogen and oxygen atoms in total. The van der Waals surface area contributed by atoms with Gasteiger partial charge < -0.3 is 15.4 Å². The summed E-state index contributed by atoms with van der Waals surface area (Å²) in [6.45, 7) is 1.11. The zero-order valence-electron chi connectivity index (χ0n) is 15.6. The minimum absolute atomic E-state index is 0.0708. The first kappa shape index (κ1) is 17.1. The minimum Gasteiger partial charge on any atom is -0.393 e. The number of aromatic nitrogens is 5. The average molecular weight is 368 g/mol. The van der Waals surface area contributed by atoms with Gasteiger partial charge in [-0.1, -0.05) is 5.21 Å². The highest BCUT2D eigenvalue weighted by Crippen LogP contribution is 2.37. The van der Waals surface area contributed by atoms with E-state index in [-0.39, 0.29) is 6.10 Å². The third kappa shape index (κ3) is 3.34. The van der Waals surface area contributed by atoms with Crippen molar-refractivity contribution in [1.82, 2.24) is 30.1 Å². The van der Waals surface area contributed by atoms with E-state index >= 15 is 0 Å². The molecule has 0 aromatic carbocycles. The Kier molecular flexibility index (Phi) is 4.57. The molecule has 0 saturated heterocycles. The number of rotatable bonds is 4. The Hall–Kier alpha value is -1.99. The first-order valence-corrected chi connectivity index (χ1v) is 10.4. The molecule has 0 bridgehead atoms. The monoisotopic (exact) mass is 368 g/mol. The molecule has 0 spiro atoms. The summed E-state index contributed by atoms with van der Waals surface area (Å²) in [6.07, 6.45) is 12.6. The molecule has 0 atom stereocenters. The van der Waals surface area contributed by atoms with Crippen molar-refractivity contribution in [2.75, 3.05) is 6.54 Å². The summed E-state index contributed by atoms with van der Waals surface area (Å²) < 4.78 is 1.82. The topological polar surface area (TPSA) is 91.1 Å². The SMILES string of the molecule is OC1CCC(NCC2CCC(c3nnn4cnc5[nH]ccc5c34)CC2)CC1. The Bertz CT molecular complexity index is 902. The van der Waals surface area contributed by atoms with Crippen LogP contribution < -0.4 is 5.32 Å². The second-order valence-electron chi connectivity index (χ2n) is 8.38. The number of aromatic amines is 1. The van der Waals surface area contributed by atoms with Crippen LogP contribution in [0.5, 0.6) is 0 Å². The van der Waals surface area contributed by atoms with Gasteiger partial charge in [-0.15, -0.1) is 5.10 Å². The van der Waals surface area contributed by atoms with E-state index in [1.54, 1.807) is 6.33 Å². The highest BCUT2D eigenvalue weighted by molar-refractivity contribution is 5.92. The van der Waals surface area contributed by atoms with Gasteiger partial charge >= 0.3 is 0 Å². The summed E-state index contributed by atoms with van der Waals surface area (Å²) in [4.78, 5) is 7.58. The molecule has 0 unspecified atom stereocenters. The van der Waals surface area contributed by atoms with Crippen LogP contribution in [0.3, 0.4) is 0 Å². The van der Waals surface area contributed by atoms with Crippen molar-refractivity contribution in [3.63, 3.8) is 0 Å². The van der Waals surface area contributed by atoms with Crippen molar-refractivity contribution in [1.29, 1.82) is 0 Å². The molecule has 0 aliphatic heterocycles. The zero-order chi connectivity index (χ0) is 18.2. The second kappa shape index (κ2) is 7.20. The summed E-state index contributed by atoms with van der Waals surface area (Å²) in [7, 11) is 0. The van der Waals surface area contributed by atoms with Crippen LogP contribution in [0, 0.1) is 5.92 Å². The molecule has 27 heavy (non-hydrogen) atoms. The zero-order valence-corrected chi connectivity index (χ0v) is 15.6. The second-order valence-corrected chi connectivity index (χ2v) is 8.38. The number of hydrogen-bond acceptors (Lipinski definition) is 5. The Morgan fingerprint density at radius 3 is 2.74 bits per heavy atom. The molecule has 7 heteroatoms. The van der Waals surface area contributed by atoms with Crippen molar-refractivity contribution in [2.45, 2.75) is 69.4 Å². The molecule has 144 valence electrons. The molecular weight excluding hydrogens is 340 g/mol. The maximum Gasteiger partial charge on any atom is 0.141 e. The standard InChI is InChI=1S/C20H28N6O/c27-16-7-5-15(6-8-16)22-11-13-1-3-14(4-2-13)18-19-17-9-10-21-20(17)23-12-26(19)25-24-18/h9-10,12-16,21-22,27H,1-8,11H2. The molecule has 5 rings (SSSR count). The predicted octanol–water partition coefficient (Wildman–Crippen LogP) is 2.77. The van der Waals surface area contributed by atoms with E-state index in [9.17, 15) is 5.11 Å². The number of aliphatic hydroxyl groups excluding tert-OH is 1. The predicted molar refractivity (Wildman–Crippen MR) is 104 cm³/mol. The molecular formula is C20H28N6O. The fraction of sp³-hybridized carbons (Fsp3) is 0.650. The average Bonchev–Trinajstić information content (AvgIpc) is 3.34. The van der Waals surface area contributed by atoms with Gasteiger partial charge in [0, 0.05) is 23.5 Å². The first-order chi connectivity index (χ1) is 13.3. The van der Waals surface area contributed by atoms with Gasteiger partial charge in [-0.3, -0.25) is 0 Å². The van der Waals surface area contributed by atoms with Crippen LogP contribution in [0.4, 0.5) is 0 Å². The molecule has 2 aliphatic carbocycles. The lowest BCUT2D eigenvalue weighted by Gasteiger charge is -2.31. The molecule has 3 heterocycles. The first-order valence-electron chi connectivity index (χ1n) is 10.4. The van der Waals surface area contributed by atoms with E-state index in [4.69, 9.17) is 0 Å². The summed E-state index contributed by atoms with van der Waals surface area (Å²) in [5.41, 5.74) is 3.15. The number of aliphatic hydroxyl groups is 1. The van der Waals surface area contributed by atoms with Crippen LogP contribution >= 0.6 is 0 Å². The van der Waals surface area contributed by atoms with Gasteiger partial charge in [0.25, 0.3) is 0 Å². The van der Waals surface area contributed by atoms with Crippen molar-refractivity contribution in [3.05, 3.63) is 24.3 Å². The van der Waals surface area contributed by atoms with Crippen LogP contribution in [0.2, 0.25) is 0 Å². The molecule has 0 amide bonds. The lowest BCUT2D eigenvalue weighted by atomic mass is 9.80. The van der Waals surface area contributed by atoms with Crippen molar-refractivity contribution < 1.29 is 5.11 Å². The number of H-pyrrole nitrogens is 1. The van der Waals surface area contributed by atoms with Gasteiger partial charge in [-0.05, 0) is 69.9 Å². The van der Waals surface area contributed by atoms with Gasteiger partial charge in [0.05, 0.1) is 11.8 Å². The summed E-state index contributed by atoms with van der Waals surface area (Å²) in [5.74, 6) is 1.24. The molecule has 3 aromatic rings. The fourth-order valence-corrected chi connectivity index (χ4v) is 4.95. The molecule has 3 N–H and O–H groups in total. The normalized spacial score (nSPS) is 29.5. The highest BCUT2D eigenvalue weighted by atomic mass is 16.3. The highest BCUT2D eigenvalue weighted by Gasteiger charge is 2.27. The van der Waals surface area contributed by atoms with E-state index in [2.05, 4.69) is 31.7 Å². The smallest absolute Gasteiger partial charge is 0.141 e. The molecule has 2 aliphatic rings. The molecule has 2 fully saturated rings. The van der Waals surface area contributed by atoms with E-state index in [0.29, 0.717) is 12.0 Å². The molecule has 0 radical (unpaired) electrons. The third-order valence-corrected chi connectivity index (χ3v) is 6.62. The van der Waals surface area contributed by atoms with Gasteiger partial charge in [-0.2, -0.15) is 0 Å². The van der Waals surface area contributed by atoms with Crippen LogP contribution in [0.1, 0.15) is 63.0 Å². The van der Waals surface area contributed by atoms with Gasteiger partial charge in [0.2, 0.25) is 0 Å². The van der Waals surface area contributed by atoms with Crippen molar-refractivity contribution >= 4 is 16.6 Å².